The maximum atomic E-state index is 12.0. The van der Waals surface area contributed by atoms with E-state index >= 15 is 0 Å². The molecule has 0 radical (unpaired) electrons. The number of aromatic nitrogens is 5. The second kappa shape index (κ2) is 4.00. The molecule has 2 aromatic heterocycles. The summed E-state index contributed by atoms with van der Waals surface area (Å²) >= 11 is 0. The van der Waals surface area contributed by atoms with Crippen molar-refractivity contribution in [2.24, 2.45) is 0 Å². The molecule has 2 aromatic rings. The van der Waals surface area contributed by atoms with Gasteiger partial charge in [0.25, 0.3) is 5.56 Å². The minimum absolute atomic E-state index is 0.0745. The normalized spacial score (nSPS) is 14.8. The zero-order valence-electron chi connectivity index (χ0n) is 9.13. The molecule has 3 rings (SSSR count). The Kier molecular flexibility index (Phi) is 2.36. The van der Waals surface area contributed by atoms with Gasteiger partial charge in [0.2, 0.25) is 0 Å². The van der Waals surface area contributed by atoms with Gasteiger partial charge in [-0.3, -0.25) is 9.89 Å². The molecule has 7 nitrogen and oxygen atoms in total. The molecule has 1 fully saturated rings. The van der Waals surface area contributed by atoms with E-state index in [1.807, 2.05) is 0 Å². The molecule has 0 bridgehead atoms. The molecular formula is C10H12N6O. The van der Waals surface area contributed by atoms with Gasteiger partial charge in [-0.05, 0) is 12.8 Å². The molecule has 2 heterocycles. The van der Waals surface area contributed by atoms with E-state index < -0.39 is 0 Å². The molecule has 17 heavy (non-hydrogen) atoms. The van der Waals surface area contributed by atoms with Gasteiger partial charge in [0.15, 0.2) is 5.82 Å². The van der Waals surface area contributed by atoms with Crippen LogP contribution in [0.1, 0.15) is 24.7 Å². The van der Waals surface area contributed by atoms with Gasteiger partial charge >= 0.3 is 0 Å². The van der Waals surface area contributed by atoms with Gasteiger partial charge in [0, 0.05) is 18.4 Å². The van der Waals surface area contributed by atoms with Crippen molar-refractivity contribution in [3.63, 3.8) is 0 Å². The molecule has 0 aliphatic heterocycles. The molecule has 1 aliphatic rings. The van der Waals surface area contributed by atoms with Gasteiger partial charge in [-0.25, -0.2) is 9.97 Å². The standard InChI is InChI=1S/C10H12N6O/c17-10-9(12-5-8-13-6-14-15-8)11-3-4-16(10)7-1-2-7/h3-4,6-7H,1-2,5H2,(H,11,12)(H,13,14,15). The van der Waals surface area contributed by atoms with E-state index in [1.54, 1.807) is 17.0 Å². The van der Waals surface area contributed by atoms with Crippen molar-refractivity contribution in [3.05, 3.63) is 34.9 Å². The van der Waals surface area contributed by atoms with E-state index in [1.165, 1.54) is 6.33 Å². The number of hydrogen-bond donors (Lipinski definition) is 2. The molecule has 0 saturated heterocycles. The smallest absolute Gasteiger partial charge is 0.293 e. The molecule has 0 amide bonds. The van der Waals surface area contributed by atoms with E-state index in [4.69, 9.17) is 0 Å². The van der Waals surface area contributed by atoms with Crippen LogP contribution in [0.5, 0.6) is 0 Å². The highest BCUT2D eigenvalue weighted by Gasteiger charge is 2.25. The second-order valence-corrected chi connectivity index (χ2v) is 4.01. The van der Waals surface area contributed by atoms with Crippen LogP contribution in [0, 0.1) is 0 Å². The maximum absolute atomic E-state index is 12.0. The van der Waals surface area contributed by atoms with Crippen molar-refractivity contribution >= 4 is 5.82 Å². The number of H-pyrrole nitrogens is 1. The van der Waals surface area contributed by atoms with Crippen molar-refractivity contribution < 1.29 is 0 Å². The SMILES string of the molecule is O=c1c(NCc2ncn[nH]2)nccn1C1CC1. The molecule has 2 N–H and O–H groups in total. The zero-order valence-corrected chi connectivity index (χ0v) is 9.13. The van der Waals surface area contributed by atoms with E-state index in [0.717, 1.165) is 12.8 Å². The van der Waals surface area contributed by atoms with Crippen LogP contribution in [-0.4, -0.2) is 24.7 Å². The highest BCUT2D eigenvalue weighted by molar-refractivity contribution is 5.31. The second-order valence-electron chi connectivity index (χ2n) is 4.01. The minimum Gasteiger partial charge on any atom is -0.358 e. The van der Waals surface area contributed by atoms with Crippen LogP contribution in [-0.2, 0) is 6.54 Å². The van der Waals surface area contributed by atoms with E-state index in [-0.39, 0.29) is 5.56 Å². The molecule has 0 unspecified atom stereocenters. The average Bonchev–Trinajstić information content (AvgIpc) is 3.04. The Labute approximate surface area is 96.9 Å². The minimum atomic E-state index is -0.0745. The van der Waals surface area contributed by atoms with E-state index in [9.17, 15) is 4.79 Å². The summed E-state index contributed by atoms with van der Waals surface area (Å²) in [6.45, 7) is 0.414. The molecule has 1 saturated carbocycles. The number of hydrogen-bond acceptors (Lipinski definition) is 5. The Morgan fingerprint density at radius 3 is 3.06 bits per heavy atom. The van der Waals surface area contributed by atoms with Gasteiger partial charge in [-0.1, -0.05) is 0 Å². The summed E-state index contributed by atoms with van der Waals surface area (Å²) in [5, 5.41) is 9.41. The van der Waals surface area contributed by atoms with Crippen LogP contribution >= 0.6 is 0 Å². The molecule has 1 aliphatic carbocycles. The van der Waals surface area contributed by atoms with Crippen molar-refractivity contribution in [2.45, 2.75) is 25.4 Å². The first kappa shape index (κ1) is 10.0. The Bertz CT molecular complexity index is 556. The summed E-state index contributed by atoms with van der Waals surface area (Å²) in [6.07, 6.45) is 6.96. The Morgan fingerprint density at radius 2 is 2.35 bits per heavy atom. The molecule has 7 heteroatoms. The number of nitrogens with zero attached hydrogens (tertiary/aromatic N) is 4. The van der Waals surface area contributed by atoms with Crippen LogP contribution in [0.2, 0.25) is 0 Å². The number of rotatable bonds is 4. The van der Waals surface area contributed by atoms with Gasteiger partial charge < -0.3 is 9.88 Å². The predicted molar refractivity (Wildman–Crippen MR) is 60.5 cm³/mol. The summed E-state index contributed by atoms with van der Waals surface area (Å²) in [6, 6.07) is 0.358. The Morgan fingerprint density at radius 1 is 1.47 bits per heavy atom. The summed E-state index contributed by atoms with van der Waals surface area (Å²) < 4.78 is 1.73. The van der Waals surface area contributed by atoms with E-state index in [0.29, 0.717) is 24.2 Å². The molecule has 88 valence electrons. The van der Waals surface area contributed by atoms with Gasteiger partial charge in [-0.2, -0.15) is 5.10 Å². The van der Waals surface area contributed by atoms with E-state index in [2.05, 4.69) is 25.5 Å². The molecular weight excluding hydrogens is 220 g/mol. The highest BCUT2D eigenvalue weighted by Crippen LogP contribution is 2.33. The number of nitrogens with one attached hydrogen (secondary N) is 2. The fourth-order valence-electron chi connectivity index (χ4n) is 1.67. The third-order valence-electron chi connectivity index (χ3n) is 2.70. The summed E-state index contributed by atoms with van der Waals surface area (Å²) in [5.41, 5.74) is -0.0745. The quantitative estimate of drug-likeness (QED) is 0.792. The lowest BCUT2D eigenvalue weighted by atomic mass is 10.5. The first-order chi connectivity index (χ1) is 8.34. The average molecular weight is 232 g/mol. The lowest BCUT2D eigenvalue weighted by molar-refractivity contribution is 0.699. The van der Waals surface area contributed by atoms with Crippen LogP contribution < -0.4 is 10.9 Å². The third kappa shape index (κ3) is 2.03. The third-order valence-corrected chi connectivity index (χ3v) is 2.70. The number of anilines is 1. The van der Waals surface area contributed by atoms with Crippen LogP contribution in [0.4, 0.5) is 5.82 Å². The van der Waals surface area contributed by atoms with Crippen molar-refractivity contribution in [2.75, 3.05) is 5.32 Å². The predicted octanol–water partition coefficient (Wildman–Crippen LogP) is 0.308. The lowest BCUT2D eigenvalue weighted by Crippen LogP contribution is -2.23. The highest BCUT2D eigenvalue weighted by atomic mass is 16.1. The molecule has 0 spiro atoms. The Balaban J connectivity index is 1.78. The van der Waals surface area contributed by atoms with Crippen molar-refractivity contribution in [1.29, 1.82) is 0 Å². The topological polar surface area (TPSA) is 88.5 Å². The largest absolute Gasteiger partial charge is 0.358 e. The van der Waals surface area contributed by atoms with Crippen molar-refractivity contribution in [1.82, 2.24) is 24.7 Å². The lowest BCUT2D eigenvalue weighted by Gasteiger charge is -2.06. The maximum Gasteiger partial charge on any atom is 0.293 e. The monoisotopic (exact) mass is 232 g/mol. The summed E-state index contributed by atoms with van der Waals surface area (Å²) in [5.74, 6) is 1.03. The van der Waals surface area contributed by atoms with Crippen LogP contribution in [0.15, 0.2) is 23.5 Å². The fourth-order valence-corrected chi connectivity index (χ4v) is 1.67. The summed E-state index contributed by atoms with van der Waals surface area (Å²) in [7, 11) is 0. The van der Waals surface area contributed by atoms with Gasteiger partial charge in [0.05, 0.1) is 6.54 Å². The summed E-state index contributed by atoms with van der Waals surface area (Å²) in [4.78, 5) is 20.0. The molecule has 0 aromatic carbocycles. The zero-order chi connectivity index (χ0) is 11.7. The van der Waals surface area contributed by atoms with Crippen LogP contribution in [0.3, 0.4) is 0 Å². The molecule has 0 atom stereocenters. The van der Waals surface area contributed by atoms with Crippen LogP contribution in [0.25, 0.3) is 0 Å². The van der Waals surface area contributed by atoms with Gasteiger partial charge in [0.1, 0.15) is 12.2 Å². The fraction of sp³-hybridized carbons (Fsp3) is 0.400. The Hall–Kier alpha value is -2.18. The van der Waals surface area contributed by atoms with Gasteiger partial charge in [-0.15, -0.1) is 0 Å². The first-order valence-corrected chi connectivity index (χ1v) is 5.50. The van der Waals surface area contributed by atoms with Crippen molar-refractivity contribution in [3.8, 4) is 0 Å². The number of aromatic amines is 1. The first-order valence-electron chi connectivity index (χ1n) is 5.50.